The lowest BCUT2D eigenvalue weighted by Crippen LogP contribution is -2.19. The summed E-state index contributed by atoms with van der Waals surface area (Å²) in [4.78, 5) is 19.1. The van der Waals surface area contributed by atoms with E-state index in [0.717, 1.165) is 0 Å². The zero-order valence-corrected chi connectivity index (χ0v) is 12.1. The van der Waals surface area contributed by atoms with E-state index in [4.69, 9.17) is 11.6 Å². The summed E-state index contributed by atoms with van der Waals surface area (Å²) in [5.41, 5.74) is 0.752. The largest absolute Gasteiger partial charge is 0.481 e. The van der Waals surface area contributed by atoms with Gasteiger partial charge in [-0.3, -0.25) is 4.79 Å². The molecule has 1 aromatic carbocycles. The highest BCUT2D eigenvalue weighted by atomic mass is 35.5. The number of carboxylic acids is 1. The van der Waals surface area contributed by atoms with Gasteiger partial charge in [-0.05, 0) is 24.5 Å². The van der Waals surface area contributed by atoms with E-state index in [1.54, 1.807) is 31.2 Å². The van der Waals surface area contributed by atoms with Crippen molar-refractivity contribution in [1.29, 1.82) is 0 Å². The van der Waals surface area contributed by atoms with Gasteiger partial charge in [0.05, 0.1) is 11.4 Å². The molecular formula is C15H14ClFN2O2. The average molecular weight is 309 g/mol. The highest BCUT2D eigenvalue weighted by Crippen LogP contribution is 2.26. The van der Waals surface area contributed by atoms with Crippen LogP contribution >= 0.6 is 11.6 Å². The highest BCUT2D eigenvalue weighted by molar-refractivity contribution is 6.31. The van der Waals surface area contributed by atoms with E-state index in [1.807, 2.05) is 0 Å². The number of halogens is 2. The second-order valence-electron chi connectivity index (χ2n) is 4.56. The number of aryl methyl sites for hydroxylation is 1. The maximum Gasteiger partial charge on any atom is 0.313 e. The molecule has 110 valence electrons. The van der Waals surface area contributed by atoms with Gasteiger partial charge in [-0.1, -0.05) is 36.7 Å². The first-order chi connectivity index (χ1) is 10.0. The highest BCUT2D eigenvalue weighted by Gasteiger charge is 2.27. The molecule has 1 heterocycles. The molecule has 4 nitrogen and oxygen atoms in total. The Hall–Kier alpha value is -2.01. The first kappa shape index (κ1) is 15.4. The van der Waals surface area contributed by atoms with Crippen molar-refractivity contribution in [2.24, 2.45) is 0 Å². The summed E-state index contributed by atoms with van der Waals surface area (Å²) in [7, 11) is 0. The molecule has 0 radical (unpaired) electrons. The Bertz CT molecular complexity index is 664. The fourth-order valence-corrected chi connectivity index (χ4v) is 2.31. The summed E-state index contributed by atoms with van der Waals surface area (Å²) in [6.07, 6.45) is 1.64. The van der Waals surface area contributed by atoms with E-state index in [-0.39, 0.29) is 17.8 Å². The Balaban J connectivity index is 2.41. The van der Waals surface area contributed by atoms with Crippen LogP contribution in [-0.2, 0) is 17.6 Å². The van der Waals surface area contributed by atoms with Gasteiger partial charge in [-0.25, -0.2) is 14.4 Å². The van der Waals surface area contributed by atoms with Gasteiger partial charge in [-0.2, -0.15) is 0 Å². The van der Waals surface area contributed by atoms with Crippen molar-refractivity contribution < 1.29 is 14.3 Å². The van der Waals surface area contributed by atoms with Gasteiger partial charge < -0.3 is 5.11 Å². The van der Waals surface area contributed by atoms with E-state index in [9.17, 15) is 14.3 Å². The van der Waals surface area contributed by atoms with Gasteiger partial charge in [0, 0.05) is 5.02 Å². The molecule has 1 N–H and O–H groups in total. The SMILES string of the molecule is CCc1ncnc(C(Cc2ccccc2Cl)C(=O)O)c1F. The third-order valence-corrected chi connectivity index (χ3v) is 3.60. The molecule has 0 saturated heterocycles. The number of nitrogens with zero attached hydrogens (tertiary/aromatic N) is 2. The number of carboxylic acid groups (broad SMARTS) is 1. The van der Waals surface area contributed by atoms with E-state index in [0.29, 0.717) is 17.0 Å². The molecule has 0 fully saturated rings. The summed E-state index contributed by atoms with van der Waals surface area (Å²) in [6, 6.07) is 6.90. The maximum atomic E-state index is 14.3. The Labute approximate surface area is 126 Å². The third-order valence-electron chi connectivity index (χ3n) is 3.23. The zero-order valence-electron chi connectivity index (χ0n) is 11.4. The second kappa shape index (κ2) is 6.63. The third kappa shape index (κ3) is 3.36. The number of carbonyl (C=O) groups is 1. The lowest BCUT2D eigenvalue weighted by Gasteiger charge is -2.14. The van der Waals surface area contributed by atoms with Crippen molar-refractivity contribution in [2.45, 2.75) is 25.7 Å². The van der Waals surface area contributed by atoms with Crippen molar-refractivity contribution in [3.8, 4) is 0 Å². The molecule has 0 aliphatic carbocycles. The normalized spacial score (nSPS) is 12.1. The van der Waals surface area contributed by atoms with Gasteiger partial charge in [0.15, 0.2) is 5.82 Å². The quantitative estimate of drug-likeness (QED) is 0.921. The minimum atomic E-state index is -1.14. The molecule has 0 saturated carbocycles. The van der Waals surface area contributed by atoms with Gasteiger partial charge >= 0.3 is 5.97 Å². The van der Waals surface area contributed by atoms with Gasteiger partial charge in [-0.15, -0.1) is 0 Å². The van der Waals surface area contributed by atoms with Crippen LogP contribution < -0.4 is 0 Å². The minimum absolute atomic E-state index is 0.0755. The van der Waals surface area contributed by atoms with Crippen LogP contribution in [0.5, 0.6) is 0 Å². The number of hydrogen-bond donors (Lipinski definition) is 1. The van der Waals surface area contributed by atoms with Crippen LogP contribution in [0.2, 0.25) is 5.02 Å². The lowest BCUT2D eigenvalue weighted by atomic mass is 9.95. The van der Waals surface area contributed by atoms with Crippen LogP contribution in [0.3, 0.4) is 0 Å². The standard InChI is InChI=1S/C15H14ClFN2O2/c1-2-12-13(17)14(19-8-18-12)10(15(20)21)7-9-5-3-4-6-11(9)16/h3-6,8,10H,2,7H2,1H3,(H,20,21). The minimum Gasteiger partial charge on any atom is -0.481 e. The molecule has 2 rings (SSSR count). The molecule has 0 amide bonds. The molecule has 1 atom stereocenters. The molecule has 21 heavy (non-hydrogen) atoms. The summed E-state index contributed by atoms with van der Waals surface area (Å²) < 4.78 is 14.3. The van der Waals surface area contributed by atoms with Gasteiger partial charge in [0.25, 0.3) is 0 Å². The number of aliphatic carboxylic acids is 1. The number of benzene rings is 1. The molecule has 1 unspecified atom stereocenters. The topological polar surface area (TPSA) is 63.1 Å². The molecule has 1 aromatic heterocycles. The monoisotopic (exact) mass is 308 g/mol. The molecule has 0 spiro atoms. The first-order valence-corrected chi connectivity index (χ1v) is 6.87. The number of rotatable bonds is 5. The summed E-state index contributed by atoms with van der Waals surface area (Å²) >= 11 is 6.04. The van der Waals surface area contributed by atoms with Crippen molar-refractivity contribution in [1.82, 2.24) is 9.97 Å². The lowest BCUT2D eigenvalue weighted by molar-refractivity contribution is -0.138. The predicted octanol–water partition coefficient (Wildman–Crippen LogP) is 3.24. The Kier molecular flexibility index (Phi) is 4.85. The number of hydrogen-bond acceptors (Lipinski definition) is 3. The smallest absolute Gasteiger partial charge is 0.313 e. The number of aromatic nitrogens is 2. The molecule has 2 aromatic rings. The Morgan fingerprint density at radius 2 is 2.10 bits per heavy atom. The van der Waals surface area contributed by atoms with Gasteiger partial charge in [0.1, 0.15) is 12.2 Å². The van der Waals surface area contributed by atoms with Gasteiger partial charge in [0.2, 0.25) is 0 Å². The van der Waals surface area contributed by atoms with Crippen LogP contribution in [0.4, 0.5) is 4.39 Å². The summed E-state index contributed by atoms with van der Waals surface area (Å²) in [5, 5.41) is 9.85. The molecule has 0 bridgehead atoms. The molecule has 0 aliphatic rings. The zero-order chi connectivity index (χ0) is 15.4. The molecule has 6 heteroatoms. The summed E-state index contributed by atoms with van der Waals surface area (Å²) in [5.74, 6) is -2.90. The van der Waals surface area contributed by atoms with E-state index < -0.39 is 17.7 Å². The van der Waals surface area contributed by atoms with Crippen LogP contribution in [0.1, 0.15) is 29.8 Å². The van der Waals surface area contributed by atoms with E-state index in [1.165, 1.54) is 6.33 Å². The average Bonchev–Trinajstić information content (AvgIpc) is 2.47. The van der Waals surface area contributed by atoms with Crippen LogP contribution in [0.25, 0.3) is 0 Å². The fourth-order valence-electron chi connectivity index (χ4n) is 2.10. The van der Waals surface area contributed by atoms with E-state index in [2.05, 4.69) is 9.97 Å². The fraction of sp³-hybridized carbons (Fsp3) is 0.267. The van der Waals surface area contributed by atoms with Crippen molar-refractivity contribution in [2.75, 3.05) is 0 Å². The van der Waals surface area contributed by atoms with E-state index >= 15 is 0 Å². The first-order valence-electron chi connectivity index (χ1n) is 6.50. The van der Waals surface area contributed by atoms with Crippen molar-refractivity contribution >= 4 is 17.6 Å². The van der Waals surface area contributed by atoms with Crippen LogP contribution in [0.15, 0.2) is 30.6 Å². The van der Waals surface area contributed by atoms with Crippen molar-refractivity contribution in [3.05, 3.63) is 58.4 Å². The maximum absolute atomic E-state index is 14.3. The second-order valence-corrected chi connectivity index (χ2v) is 4.97. The van der Waals surface area contributed by atoms with Crippen LogP contribution in [0, 0.1) is 5.82 Å². The van der Waals surface area contributed by atoms with Crippen molar-refractivity contribution in [3.63, 3.8) is 0 Å². The Morgan fingerprint density at radius 1 is 1.38 bits per heavy atom. The Morgan fingerprint density at radius 3 is 2.71 bits per heavy atom. The molecular weight excluding hydrogens is 295 g/mol. The predicted molar refractivity (Wildman–Crippen MR) is 76.9 cm³/mol. The van der Waals surface area contributed by atoms with Crippen LogP contribution in [-0.4, -0.2) is 21.0 Å². The molecule has 0 aliphatic heterocycles. The summed E-state index contributed by atoms with van der Waals surface area (Å²) in [6.45, 7) is 1.75.